The van der Waals surface area contributed by atoms with Gasteiger partial charge in [-0.3, -0.25) is 19.1 Å². The predicted octanol–water partition coefficient (Wildman–Crippen LogP) is 1.75. The summed E-state index contributed by atoms with van der Waals surface area (Å²) >= 11 is 0. The van der Waals surface area contributed by atoms with E-state index in [-0.39, 0.29) is 23.3 Å². The molecule has 1 saturated heterocycles. The maximum atomic E-state index is 13.3. The van der Waals surface area contributed by atoms with Crippen LogP contribution < -0.4 is 10.9 Å². The van der Waals surface area contributed by atoms with Crippen LogP contribution >= 0.6 is 0 Å². The lowest BCUT2D eigenvalue weighted by molar-refractivity contribution is -0.127. The summed E-state index contributed by atoms with van der Waals surface area (Å²) in [5.74, 6) is 1.02. The van der Waals surface area contributed by atoms with Crippen molar-refractivity contribution < 1.29 is 9.21 Å². The molecule has 160 valence electrons. The van der Waals surface area contributed by atoms with E-state index in [0.717, 1.165) is 43.1 Å². The third-order valence-corrected chi connectivity index (χ3v) is 6.26. The number of fused-ring (bicyclic) bond motifs is 4. The minimum absolute atomic E-state index is 0.0691. The van der Waals surface area contributed by atoms with Crippen LogP contribution in [-0.2, 0) is 17.8 Å². The van der Waals surface area contributed by atoms with Gasteiger partial charge in [0.05, 0.1) is 6.26 Å². The molecule has 8 nitrogen and oxygen atoms in total. The first kappa shape index (κ1) is 19.7. The van der Waals surface area contributed by atoms with Gasteiger partial charge < -0.3 is 9.73 Å². The third-order valence-electron chi connectivity index (χ3n) is 6.26. The highest BCUT2D eigenvalue weighted by Gasteiger charge is 2.43. The van der Waals surface area contributed by atoms with Gasteiger partial charge in [-0.15, -0.1) is 0 Å². The molecular weight excluding hydrogens is 394 g/mol. The maximum absolute atomic E-state index is 13.3. The Morgan fingerprint density at radius 1 is 1.16 bits per heavy atom. The Hall–Kier alpha value is -3.26. The molecule has 1 fully saturated rings. The zero-order valence-electron chi connectivity index (χ0n) is 17.2. The number of pyridine rings is 1. The molecule has 3 aromatic heterocycles. The van der Waals surface area contributed by atoms with Gasteiger partial charge in [0.15, 0.2) is 0 Å². The van der Waals surface area contributed by atoms with Crippen LogP contribution in [0.1, 0.15) is 35.4 Å². The molecule has 1 N–H and O–H groups in total. The number of carbonyl (C=O) groups is 1. The minimum Gasteiger partial charge on any atom is -0.469 e. The van der Waals surface area contributed by atoms with E-state index in [0.29, 0.717) is 13.0 Å². The number of amides is 1. The SMILES string of the molecule is O=C(NCCc1ccco1)[C@H]1[C@@H]2C[C@@H](CN(Cc3cncnc3)C2)c2cccc(=O)n21. The van der Waals surface area contributed by atoms with Gasteiger partial charge in [-0.1, -0.05) is 6.07 Å². The Morgan fingerprint density at radius 2 is 2.03 bits per heavy atom. The molecule has 0 aromatic carbocycles. The van der Waals surface area contributed by atoms with E-state index in [1.54, 1.807) is 23.0 Å². The number of piperidine rings is 1. The van der Waals surface area contributed by atoms with E-state index in [1.165, 1.54) is 6.33 Å². The van der Waals surface area contributed by atoms with E-state index >= 15 is 0 Å². The average Bonchev–Trinajstić information content (AvgIpc) is 3.29. The normalized spacial score (nSPS) is 22.6. The van der Waals surface area contributed by atoms with Crippen molar-refractivity contribution in [3.05, 3.63) is 82.7 Å². The number of hydrogen-bond donors (Lipinski definition) is 1. The highest BCUT2D eigenvalue weighted by molar-refractivity contribution is 5.81. The number of nitrogens with one attached hydrogen (secondary N) is 1. The second kappa shape index (κ2) is 8.47. The van der Waals surface area contributed by atoms with Gasteiger partial charge in [0.1, 0.15) is 18.1 Å². The molecular formula is C23H25N5O3. The van der Waals surface area contributed by atoms with Crippen molar-refractivity contribution >= 4 is 5.91 Å². The Balaban J connectivity index is 1.38. The zero-order chi connectivity index (χ0) is 21.2. The van der Waals surface area contributed by atoms with Crippen LogP contribution in [0.5, 0.6) is 0 Å². The van der Waals surface area contributed by atoms with Gasteiger partial charge in [0.25, 0.3) is 5.56 Å². The number of nitrogens with zero attached hydrogens (tertiary/aromatic N) is 4. The van der Waals surface area contributed by atoms with Gasteiger partial charge in [0, 0.05) is 74.2 Å². The molecule has 2 aliphatic rings. The number of likely N-dealkylation sites (tertiary alicyclic amines) is 1. The van der Waals surface area contributed by atoms with Crippen molar-refractivity contribution in [1.29, 1.82) is 0 Å². The van der Waals surface area contributed by atoms with Crippen LogP contribution in [-0.4, -0.2) is 45.0 Å². The van der Waals surface area contributed by atoms with E-state index in [2.05, 4.69) is 20.2 Å². The molecule has 5 rings (SSSR count). The summed E-state index contributed by atoms with van der Waals surface area (Å²) in [6.45, 7) is 2.81. The smallest absolute Gasteiger partial charge is 0.251 e. The third kappa shape index (κ3) is 4.03. The van der Waals surface area contributed by atoms with Gasteiger partial charge >= 0.3 is 0 Å². The number of carbonyl (C=O) groups excluding carboxylic acids is 1. The van der Waals surface area contributed by atoms with Crippen LogP contribution in [0.25, 0.3) is 0 Å². The molecule has 8 heteroatoms. The van der Waals surface area contributed by atoms with Gasteiger partial charge in [-0.2, -0.15) is 0 Å². The summed E-state index contributed by atoms with van der Waals surface area (Å²) in [6.07, 6.45) is 8.34. The van der Waals surface area contributed by atoms with Crippen molar-refractivity contribution in [2.75, 3.05) is 19.6 Å². The molecule has 0 unspecified atom stereocenters. The molecule has 3 aromatic rings. The van der Waals surface area contributed by atoms with Crippen LogP contribution in [0.4, 0.5) is 0 Å². The fraction of sp³-hybridized carbons (Fsp3) is 0.391. The first-order valence-electron chi connectivity index (χ1n) is 10.7. The summed E-state index contributed by atoms with van der Waals surface area (Å²) in [4.78, 5) is 36.6. The van der Waals surface area contributed by atoms with Gasteiger partial charge in [-0.25, -0.2) is 9.97 Å². The van der Waals surface area contributed by atoms with Crippen molar-refractivity contribution in [3.8, 4) is 0 Å². The minimum atomic E-state index is -0.508. The number of rotatable bonds is 6. The molecule has 3 atom stereocenters. The largest absolute Gasteiger partial charge is 0.469 e. The van der Waals surface area contributed by atoms with Crippen LogP contribution in [0.15, 0.2) is 64.5 Å². The second-order valence-corrected chi connectivity index (χ2v) is 8.36. The molecule has 2 aliphatic heterocycles. The second-order valence-electron chi connectivity index (χ2n) is 8.36. The standard InChI is InChI=1S/C23H25N5O3/c29-21-5-1-4-20-17-9-18(14-27(13-17)12-16-10-24-15-25-11-16)22(28(20)21)23(30)26-7-6-19-3-2-8-31-19/h1-5,8,10-11,15,17-18,22H,6-7,9,12-14H2,(H,26,30)/t17-,18+,22+/m0/s1. The monoisotopic (exact) mass is 419 g/mol. The molecule has 0 aliphatic carbocycles. The van der Waals surface area contributed by atoms with E-state index in [9.17, 15) is 9.59 Å². The highest BCUT2D eigenvalue weighted by Crippen LogP contribution is 2.41. The lowest BCUT2D eigenvalue weighted by Crippen LogP contribution is -2.53. The summed E-state index contributed by atoms with van der Waals surface area (Å²) < 4.78 is 7.08. The summed E-state index contributed by atoms with van der Waals surface area (Å²) in [5.41, 5.74) is 1.89. The highest BCUT2D eigenvalue weighted by atomic mass is 16.3. The Kier molecular flexibility index (Phi) is 5.38. The van der Waals surface area contributed by atoms with Crippen molar-refractivity contribution in [3.63, 3.8) is 0 Å². The Bertz CT molecular complexity index is 1100. The molecule has 1 amide bonds. The lowest BCUT2D eigenvalue weighted by Gasteiger charge is -2.46. The number of aromatic nitrogens is 3. The first-order valence-corrected chi connectivity index (χ1v) is 10.7. The van der Waals surface area contributed by atoms with Crippen LogP contribution in [0.2, 0.25) is 0 Å². The van der Waals surface area contributed by atoms with Crippen molar-refractivity contribution in [1.82, 2.24) is 24.8 Å². The fourth-order valence-electron chi connectivity index (χ4n) is 5.03. The molecule has 0 saturated carbocycles. The molecule has 0 radical (unpaired) electrons. The number of furan rings is 1. The fourth-order valence-corrected chi connectivity index (χ4v) is 5.03. The van der Waals surface area contributed by atoms with Crippen LogP contribution in [0, 0.1) is 5.92 Å². The molecule has 0 spiro atoms. The predicted molar refractivity (Wildman–Crippen MR) is 113 cm³/mol. The van der Waals surface area contributed by atoms with Gasteiger partial charge in [-0.05, 0) is 24.6 Å². The molecule has 31 heavy (non-hydrogen) atoms. The summed E-state index contributed by atoms with van der Waals surface area (Å²) in [5, 5.41) is 3.03. The van der Waals surface area contributed by atoms with E-state index in [4.69, 9.17) is 4.42 Å². The topological polar surface area (TPSA) is 93.3 Å². The Labute approximate surface area is 179 Å². The zero-order valence-corrected chi connectivity index (χ0v) is 17.2. The van der Waals surface area contributed by atoms with Crippen molar-refractivity contribution in [2.45, 2.75) is 31.3 Å². The Morgan fingerprint density at radius 3 is 2.84 bits per heavy atom. The lowest BCUT2D eigenvalue weighted by atomic mass is 9.78. The van der Waals surface area contributed by atoms with Crippen molar-refractivity contribution in [2.24, 2.45) is 5.92 Å². The van der Waals surface area contributed by atoms with Gasteiger partial charge in [0.2, 0.25) is 5.91 Å². The summed E-state index contributed by atoms with van der Waals surface area (Å²) in [6, 6.07) is 8.55. The maximum Gasteiger partial charge on any atom is 0.251 e. The first-order chi connectivity index (χ1) is 15.2. The molecule has 5 heterocycles. The van der Waals surface area contributed by atoms with Crippen LogP contribution in [0.3, 0.4) is 0 Å². The molecule has 2 bridgehead atoms. The van der Waals surface area contributed by atoms with E-state index in [1.807, 2.05) is 30.6 Å². The average molecular weight is 419 g/mol. The number of hydrogen-bond acceptors (Lipinski definition) is 6. The quantitative estimate of drug-likeness (QED) is 0.654. The van der Waals surface area contributed by atoms with E-state index < -0.39 is 6.04 Å². The summed E-state index contributed by atoms with van der Waals surface area (Å²) in [7, 11) is 0.